The normalized spacial score (nSPS) is 10.8. The van der Waals surface area contributed by atoms with E-state index < -0.39 is 0 Å². The molecule has 2 N–H and O–H groups in total. The zero-order valence-electron chi connectivity index (χ0n) is 11.5. The van der Waals surface area contributed by atoms with Crippen molar-refractivity contribution in [2.45, 2.75) is 20.3 Å². The zero-order chi connectivity index (χ0) is 13.4. The lowest BCUT2D eigenvalue weighted by molar-refractivity contribution is 0.873. The minimum Gasteiger partial charge on any atom is -0.330 e. The second-order valence-corrected chi connectivity index (χ2v) is 5.75. The molecule has 0 saturated carbocycles. The second-order valence-electron chi connectivity index (χ2n) is 4.71. The molecule has 3 aromatic rings. The Kier molecular flexibility index (Phi) is 4.42. The highest BCUT2D eigenvalue weighted by Crippen LogP contribution is 2.25. The quantitative estimate of drug-likeness (QED) is 0.809. The van der Waals surface area contributed by atoms with Crippen molar-refractivity contribution in [2.75, 3.05) is 6.54 Å². The monoisotopic (exact) mass is 308 g/mol. The summed E-state index contributed by atoms with van der Waals surface area (Å²) in [7, 11) is 0. The highest BCUT2D eigenvalue weighted by atomic mass is 35.5. The van der Waals surface area contributed by atoms with Crippen molar-refractivity contribution in [1.82, 2.24) is 14.6 Å². The third kappa shape index (κ3) is 2.70. The van der Waals surface area contributed by atoms with Gasteiger partial charge in [-0.25, -0.2) is 9.50 Å². The second kappa shape index (κ2) is 5.91. The molecule has 0 aliphatic rings. The van der Waals surface area contributed by atoms with Gasteiger partial charge in [-0.05, 0) is 26.0 Å². The molecule has 0 amide bonds. The molecule has 6 heteroatoms. The molecule has 0 radical (unpaired) electrons. The molecule has 0 aliphatic heterocycles. The topological polar surface area (TPSA) is 56.2 Å². The van der Waals surface area contributed by atoms with Crippen LogP contribution >= 0.6 is 23.7 Å². The maximum absolute atomic E-state index is 5.54. The lowest BCUT2D eigenvalue weighted by Crippen LogP contribution is -2.02. The van der Waals surface area contributed by atoms with Crippen LogP contribution in [-0.4, -0.2) is 21.1 Å². The summed E-state index contributed by atoms with van der Waals surface area (Å²) in [5.41, 5.74) is 10.2. The van der Waals surface area contributed by atoms with Gasteiger partial charge in [0.05, 0.1) is 11.9 Å². The van der Waals surface area contributed by atoms with E-state index >= 15 is 0 Å². The molecular weight excluding hydrogens is 292 g/mol. The SMILES string of the molecule is Cc1ccc(-c2cn3nc(CCN)sc3n2)c(C)c1.Cl. The molecule has 4 nitrogen and oxygen atoms in total. The number of halogens is 1. The molecule has 106 valence electrons. The Bertz CT molecular complexity index is 700. The highest BCUT2D eigenvalue weighted by molar-refractivity contribution is 7.16. The van der Waals surface area contributed by atoms with Gasteiger partial charge in [0.2, 0.25) is 4.96 Å². The molecule has 1 aromatic carbocycles. The number of nitrogens with two attached hydrogens (primary N) is 1. The number of aryl methyl sites for hydroxylation is 2. The zero-order valence-corrected chi connectivity index (χ0v) is 13.1. The minimum atomic E-state index is 0. The van der Waals surface area contributed by atoms with Crippen LogP contribution in [0.25, 0.3) is 16.2 Å². The molecule has 0 saturated heterocycles. The molecule has 0 spiro atoms. The fourth-order valence-corrected chi connectivity index (χ4v) is 3.09. The fraction of sp³-hybridized carbons (Fsp3) is 0.286. The van der Waals surface area contributed by atoms with Crippen LogP contribution in [0.4, 0.5) is 0 Å². The van der Waals surface area contributed by atoms with Crippen LogP contribution in [0.5, 0.6) is 0 Å². The maximum Gasteiger partial charge on any atom is 0.212 e. The van der Waals surface area contributed by atoms with Crippen molar-refractivity contribution in [3.63, 3.8) is 0 Å². The first-order chi connectivity index (χ1) is 9.17. The number of nitrogens with zero attached hydrogens (tertiary/aromatic N) is 3. The number of hydrogen-bond acceptors (Lipinski definition) is 4. The molecule has 0 fully saturated rings. The highest BCUT2D eigenvalue weighted by Gasteiger charge is 2.10. The molecule has 3 rings (SSSR count). The number of fused-ring (bicyclic) bond motifs is 1. The van der Waals surface area contributed by atoms with E-state index in [2.05, 4.69) is 42.1 Å². The van der Waals surface area contributed by atoms with Gasteiger partial charge in [-0.2, -0.15) is 5.10 Å². The van der Waals surface area contributed by atoms with Crippen molar-refractivity contribution < 1.29 is 0 Å². The van der Waals surface area contributed by atoms with Gasteiger partial charge in [-0.15, -0.1) is 12.4 Å². The van der Waals surface area contributed by atoms with E-state index in [9.17, 15) is 0 Å². The van der Waals surface area contributed by atoms with E-state index in [1.165, 1.54) is 16.7 Å². The molecule has 0 bridgehead atoms. The van der Waals surface area contributed by atoms with Crippen LogP contribution in [-0.2, 0) is 6.42 Å². The van der Waals surface area contributed by atoms with Gasteiger partial charge < -0.3 is 5.73 Å². The Morgan fingerprint density at radius 1 is 1.30 bits per heavy atom. The number of rotatable bonds is 3. The molecule has 0 atom stereocenters. The van der Waals surface area contributed by atoms with Crippen LogP contribution in [0.3, 0.4) is 0 Å². The largest absolute Gasteiger partial charge is 0.330 e. The van der Waals surface area contributed by atoms with Crippen molar-refractivity contribution in [3.05, 3.63) is 40.5 Å². The summed E-state index contributed by atoms with van der Waals surface area (Å²) in [6.45, 7) is 4.84. The van der Waals surface area contributed by atoms with Gasteiger partial charge in [0.25, 0.3) is 0 Å². The first kappa shape index (κ1) is 15.0. The number of aromatic nitrogens is 3. The molecular formula is C14H17ClN4S. The van der Waals surface area contributed by atoms with Crippen LogP contribution < -0.4 is 5.73 Å². The van der Waals surface area contributed by atoms with E-state index in [0.29, 0.717) is 6.54 Å². The summed E-state index contributed by atoms with van der Waals surface area (Å²) in [4.78, 5) is 5.58. The summed E-state index contributed by atoms with van der Waals surface area (Å²) < 4.78 is 1.85. The molecule has 2 aromatic heterocycles. The van der Waals surface area contributed by atoms with Gasteiger partial charge in [-0.1, -0.05) is 35.1 Å². The first-order valence-electron chi connectivity index (χ1n) is 6.30. The third-order valence-electron chi connectivity index (χ3n) is 3.10. The standard InChI is InChI=1S/C14H16N4S.ClH/c1-9-3-4-11(10(2)7-9)12-8-18-14(16-12)19-13(17-18)5-6-15;/h3-4,7-8H,5-6,15H2,1-2H3;1H. The predicted molar refractivity (Wildman–Crippen MR) is 85.8 cm³/mol. The van der Waals surface area contributed by atoms with Crippen molar-refractivity contribution in [1.29, 1.82) is 0 Å². The Morgan fingerprint density at radius 2 is 2.10 bits per heavy atom. The summed E-state index contributed by atoms with van der Waals surface area (Å²) in [6, 6.07) is 6.41. The van der Waals surface area contributed by atoms with Crippen molar-refractivity contribution in [2.24, 2.45) is 5.73 Å². The molecule has 0 unspecified atom stereocenters. The first-order valence-corrected chi connectivity index (χ1v) is 7.12. The predicted octanol–water partition coefficient (Wildman–Crippen LogP) is 3.00. The van der Waals surface area contributed by atoms with Crippen molar-refractivity contribution >= 4 is 28.7 Å². The Hall–Kier alpha value is -1.43. The summed E-state index contributed by atoms with van der Waals surface area (Å²) >= 11 is 1.61. The van der Waals surface area contributed by atoms with E-state index in [4.69, 9.17) is 5.73 Å². The van der Waals surface area contributed by atoms with Gasteiger partial charge in [0.15, 0.2) is 0 Å². The van der Waals surface area contributed by atoms with Gasteiger partial charge in [0, 0.05) is 12.0 Å². The number of hydrogen-bond donors (Lipinski definition) is 1. The Morgan fingerprint density at radius 3 is 2.75 bits per heavy atom. The lowest BCUT2D eigenvalue weighted by atomic mass is 10.0. The van der Waals surface area contributed by atoms with E-state index in [1.54, 1.807) is 11.3 Å². The summed E-state index contributed by atoms with van der Waals surface area (Å²) in [6.07, 6.45) is 2.80. The third-order valence-corrected chi connectivity index (χ3v) is 4.08. The van der Waals surface area contributed by atoms with Crippen molar-refractivity contribution in [3.8, 4) is 11.3 Å². The summed E-state index contributed by atoms with van der Waals surface area (Å²) in [5, 5.41) is 5.53. The lowest BCUT2D eigenvalue weighted by Gasteiger charge is -2.02. The molecule has 20 heavy (non-hydrogen) atoms. The van der Waals surface area contributed by atoms with Crippen LogP contribution in [0.15, 0.2) is 24.4 Å². The van der Waals surface area contributed by atoms with E-state index in [0.717, 1.165) is 22.1 Å². The Balaban J connectivity index is 0.00000147. The van der Waals surface area contributed by atoms with Crippen LogP contribution in [0.1, 0.15) is 16.1 Å². The fourth-order valence-electron chi connectivity index (χ4n) is 2.20. The van der Waals surface area contributed by atoms with Gasteiger partial charge in [0.1, 0.15) is 5.01 Å². The van der Waals surface area contributed by atoms with Gasteiger partial charge in [-0.3, -0.25) is 0 Å². The Labute approximate surface area is 128 Å². The van der Waals surface area contributed by atoms with Crippen LogP contribution in [0, 0.1) is 13.8 Å². The number of benzene rings is 1. The average Bonchev–Trinajstić information content (AvgIpc) is 2.87. The molecule has 0 aliphatic carbocycles. The van der Waals surface area contributed by atoms with E-state index in [-0.39, 0.29) is 12.4 Å². The number of imidazole rings is 1. The minimum absolute atomic E-state index is 0. The molecule has 2 heterocycles. The van der Waals surface area contributed by atoms with Crippen LogP contribution in [0.2, 0.25) is 0 Å². The summed E-state index contributed by atoms with van der Waals surface area (Å²) in [5.74, 6) is 0. The van der Waals surface area contributed by atoms with E-state index in [1.807, 2.05) is 10.7 Å². The average molecular weight is 309 g/mol. The smallest absolute Gasteiger partial charge is 0.212 e. The maximum atomic E-state index is 5.54. The van der Waals surface area contributed by atoms with Gasteiger partial charge >= 0.3 is 0 Å².